The molecule has 0 saturated heterocycles. The molecule has 0 saturated carbocycles. The summed E-state index contributed by atoms with van der Waals surface area (Å²) in [5.74, 6) is 0.351. The predicted octanol–water partition coefficient (Wildman–Crippen LogP) is 4.49. The number of aromatic nitrogens is 2. The van der Waals surface area contributed by atoms with Crippen LogP contribution in [0.25, 0.3) is 5.65 Å². The number of hydrogen-bond acceptors (Lipinski definition) is 4. The largest absolute Gasteiger partial charge is 0.487 e. The second-order valence-corrected chi connectivity index (χ2v) is 7.23. The molecule has 1 amide bonds. The van der Waals surface area contributed by atoms with Crippen molar-refractivity contribution in [2.45, 2.75) is 13.5 Å². The van der Waals surface area contributed by atoms with E-state index in [4.69, 9.17) is 16.3 Å². The Morgan fingerprint density at radius 3 is 2.67 bits per heavy atom. The highest BCUT2D eigenvalue weighted by molar-refractivity contribution is 6.31. The Kier molecular flexibility index (Phi) is 5.50. The quantitative estimate of drug-likeness (QED) is 0.517. The second-order valence-electron chi connectivity index (χ2n) is 6.80. The van der Waals surface area contributed by atoms with Crippen LogP contribution >= 0.6 is 11.6 Å². The van der Waals surface area contributed by atoms with Crippen LogP contribution in [0, 0.1) is 6.92 Å². The maximum absolute atomic E-state index is 12.3. The third-order valence-electron chi connectivity index (χ3n) is 4.46. The minimum atomic E-state index is -0.248. The topological polar surface area (TPSA) is 72.7 Å². The fourth-order valence-corrected chi connectivity index (χ4v) is 3.14. The van der Waals surface area contributed by atoms with E-state index < -0.39 is 0 Å². The van der Waals surface area contributed by atoms with E-state index in [1.54, 1.807) is 54.7 Å². The Labute approximate surface area is 177 Å². The molecule has 4 aromatic rings. The van der Waals surface area contributed by atoms with E-state index in [-0.39, 0.29) is 18.1 Å². The van der Waals surface area contributed by atoms with Crippen LogP contribution in [-0.4, -0.2) is 15.3 Å². The Bertz CT molecular complexity index is 1280. The van der Waals surface area contributed by atoms with Crippen LogP contribution in [0.3, 0.4) is 0 Å². The van der Waals surface area contributed by atoms with Crippen LogP contribution in [0.15, 0.2) is 77.7 Å². The zero-order valence-electron chi connectivity index (χ0n) is 16.1. The number of rotatable bonds is 5. The predicted molar refractivity (Wildman–Crippen MR) is 116 cm³/mol. The van der Waals surface area contributed by atoms with E-state index in [1.807, 2.05) is 19.1 Å². The molecule has 0 atom stereocenters. The molecule has 2 heterocycles. The fraction of sp³-hybridized carbons (Fsp3) is 0.0870. The van der Waals surface area contributed by atoms with Crippen LogP contribution in [0.2, 0.25) is 5.02 Å². The third-order valence-corrected chi connectivity index (χ3v) is 4.70. The highest BCUT2D eigenvalue weighted by Crippen LogP contribution is 2.18. The van der Waals surface area contributed by atoms with Crippen LogP contribution in [0.4, 0.5) is 5.69 Å². The molecular weight excluding hydrogens is 402 g/mol. The second kappa shape index (κ2) is 8.39. The molecule has 0 unspecified atom stereocenters. The highest BCUT2D eigenvalue weighted by Gasteiger charge is 2.07. The van der Waals surface area contributed by atoms with Gasteiger partial charge in [-0.15, -0.1) is 0 Å². The molecule has 0 aliphatic heterocycles. The lowest BCUT2D eigenvalue weighted by atomic mass is 10.2. The first kappa shape index (κ1) is 19.7. The monoisotopic (exact) mass is 419 g/mol. The van der Waals surface area contributed by atoms with Gasteiger partial charge in [-0.05, 0) is 67.1 Å². The zero-order chi connectivity index (χ0) is 21.1. The number of halogens is 1. The van der Waals surface area contributed by atoms with E-state index in [0.29, 0.717) is 33.4 Å². The molecule has 6 nitrogen and oxygen atoms in total. The summed E-state index contributed by atoms with van der Waals surface area (Å²) >= 11 is 5.93. The van der Waals surface area contributed by atoms with Crippen molar-refractivity contribution in [3.05, 3.63) is 105 Å². The van der Waals surface area contributed by atoms with Crippen molar-refractivity contribution in [1.29, 1.82) is 0 Å². The first-order valence-electron chi connectivity index (χ1n) is 9.27. The number of aryl methyl sites for hydroxylation is 1. The van der Waals surface area contributed by atoms with Gasteiger partial charge < -0.3 is 10.1 Å². The number of nitrogens with zero attached hydrogens (tertiary/aromatic N) is 2. The average molecular weight is 420 g/mol. The summed E-state index contributed by atoms with van der Waals surface area (Å²) in [5.41, 5.74) is 3.11. The van der Waals surface area contributed by atoms with Crippen LogP contribution in [0.5, 0.6) is 5.75 Å². The summed E-state index contributed by atoms with van der Waals surface area (Å²) in [4.78, 5) is 29.0. The molecule has 30 heavy (non-hydrogen) atoms. The zero-order valence-corrected chi connectivity index (χ0v) is 16.9. The third kappa shape index (κ3) is 4.50. The van der Waals surface area contributed by atoms with Gasteiger partial charge in [0.25, 0.3) is 11.5 Å². The van der Waals surface area contributed by atoms with E-state index in [9.17, 15) is 9.59 Å². The Morgan fingerprint density at radius 2 is 1.90 bits per heavy atom. The lowest BCUT2D eigenvalue weighted by Gasteiger charge is -2.09. The summed E-state index contributed by atoms with van der Waals surface area (Å²) in [6.07, 6.45) is 1.71. The van der Waals surface area contributed by atoms with Gasteiger partial charge in [0.1, 0.15) is 18.0 Å². The molecule has 0 aliphatic rings. The van der Waals surface area contributed by atoms with Gasteiger partial charge >= 0.3 is 0 Å². The van der Waals surface area contributed by atoms with Crippen LogP contribution in [-0.2, 0) is 6.61 Å². The number of amides is 1. The summed E-state index contributed by atoms with van der Waals surface area (Å²) in [6, 6.07) is 18.9. The first-order valence-corrected chi connectivity index (χ1v) is 9.64. The van der Waals surface area contributed by atoms with Crippen molar-refractivity contribution in [3.8, 4) is 5.75 Å². The number of anilines is 1. The van der Waals surface area contributed by atoms with Crippen molar-refractivity contribution in [3.63, 3.8) is 0 Å². The fourth-order valence-electron chi connectivity index (χ4n) is 2.95. The summed E-state index contributed by atoms with van der Waals surface area (Å²) in [5, 5.41) is 3.31. The van der Waals surface area contributed by atoms with Gasteiger partial charge in [0.15, 0.2) is 0 Å². The lowest BCUT2D eigenvalue weighted by molar-refractivity contribution is 0.102. The Hall–Kier alpha value is -3.64. The minimum absolute atomic E-state index is 0.155. The molecule has 2 aromatic heterocycles. The van der Waals surface area contributed by atoms with Crippen molar-refractivity contribution in [2.24, 2.45) is 0 Å². The van der Waals surface area contributed by atoms with E-state index in [2.05, 4.69) is 10.3 Å². The number of carbonyl (C=O) groups excluding carboxylic acids is 1. The molecule has 0 aliphatic carbocycles. The first-order chi connectivity index (χ1) is 14.5. The normalized spacial score (nSPS) is 10.7. The van der Waals surface area contributed by atoms with Crippen molar-refractivity contribution in [2.75, 3.05) is 5.32 Å². The molecule has 0 fully saturated rings. The van der Waals surface area contributed by atoms with E-state index in [0.717, 1.165) is 5.56 Å². The van der Waals surface area contributed by atoms with E-state index >= 15 is 0 Å². The number of fused-ring (bicyclic) bond motifs is 1. The van der Waals surface area contributed by atoms with Crippen molar-refractivity contribution in [1.82, 2.24) is 9.38 Å². The van der Waals surface area contributed by atoms with Gasteiger partial charge in [-0.3, -0.25) is 14.0 Å². The van der Waals surface area contributed by atoms with Gasteiger partial charge in [0, 0.05) is 28.5 Å². The summed E-state index contributed by atoms with van der Waals surface area (Å²) in [7, 11) is 0. The van der Waals surface area contributed by atoms with Gasteiger partial charge in [-0.1, -0.05) is 17.7 Å². The van der Waals surface area contributed by atoms with Gasteiger partial charge in [-0.2, -0.15) is 0 Å². The van der Waals surface area contributed by atoms with Crippen molar-refractivity contribution >= 4 is 28.8 Å². The standard InChI is InChI=1S/C23H18ClN3O3/c1-15-9-10-27-21(11-15)25-19(13-22(27)28)14-30-20-7-5-18(6-8-20)26-23(29)16-3-2-4-17(24)12-16/h2-13H,14H2,1H3,(H,26,29). The van der Waals surface area contributed by atoms with E-state index in [1.165, 1.54) is 10.5 Å². The van der Waals surface area contributed by atoms with Crippen LogP contribution < -0.4 is 15.6 Å². The van der Waals surface area contributed by atoms with Crippen LogP contribution in [0.1, 0.15) is 21.6 Å². The number of benzene rings is 2. The smallest absolute Gasteiger partial charge is 0.258 e. The molecule has 2 aromatic carbocycles. The Morgan fingerprint density at radius 1 is 1.10 bits per heavy atom. The maximum atomic E-state index is 12.3. The Balaban J connectivity index is 1.42. The molecule has 150 valence electrons. The molecule has 4 rings (SSSR count). The maximum Gasteiger partial charge on any atom is 0.258 e. The average Bonchev–Trinajstić information content (AvgIpc) is 2.73. The molecule has 7 heteroatoms. The highest BCUT2D eigenvalue weighted by atomic mass is 35.5. The molecule has 0 radical (unpaired) electrons. The SMILES string of the molecule is Cc1ccn2c(=O)cc(COc3ccc(NC(=O)c4cccc(Cl)c4)cc3)nc2c1. The molecule has 0 bridgehead atoms. The summed E-state index contributed by atoms with van der Waals surface area (Å²) < 4.78 is 7.24. The minimum Gasteiger partial charge on any atom is -0.487 e. The van der Waals surface area contributed by atoms with Gasteiger partial charge in [-0.25, -0.2) is 4.98 Å². The number of ether oxygens (including phenoxy) is 1. The molecule has 1 N–H and O–H groups in total. The number of pyridine rings is 1. The van der Waals surface area contributed by atoms with Gasteiger partial charge in [0.2, 0.25) is 0 Å². The number of nitrogens with one attached hydrogen (secondary N) is 1. The van der Waals surface area contributed by atoms with Gasteiger partial charge in [0.05, 0.1) is 5.69 Å². The molecule has 0 spiro atoms. The number of carbonyl (C=O) groups is 1. The number of hydrogen-bond donors (Lipinski definition) is 1. The van der Waals surface area contributed by atoms with Crippen molar-refractivity contribution < 1.29 is 9.53 Å². The summed E-state index contributed by atoms with van der Waals surface area (Å²) in [6.45, 7) is 2.11. The lowest BCUT2D eigenvalue weighted by Crippen LogP contribution is -2.16. The molecular formula is C23H18ClN3O3.